The van der Waals surface area contributed by atoms with Crippen molar-refractivity contribution in [2.75, 3.05) is 36.5 Å². The van der Waals surface area contributed by atoms with Gasteiger partial charge in [-0.3, -0.25) is 4.79 Å². The Hall–Kier alpha value is -3.61. The summed E-state index contributed by atoms with van der Waals surface area (Å²) in [5.41, 5.74) is 2.44. The van der Waals surface area contributed by atoms with Crippen molar-refractivity contribution in [3.05, 3.63) is 60.7 Å². The zero-order chi connectivity index (χ0) is 21.5. The van der Waals surface area contributed by atoms with E-state index >= 15 is 0 Å². The van der Waals surface area contributed by atoms with Gasteiger partial charge in [0.15, 0.2) is 23.9 Å². The molecule has 31 heavy (non-hydrogen) atoms. The van der Waals surface area contributed by atoms with Crippen LogP contribution in [0, 0.1) is 0 Å². The van der Waals surface area contributed by atoms with E-state index in [1.54, 1.807) is 6.07 Å². The topological polar surface area (TPSA) is 76.6 Å². The Morgan fingerprint density at radius 3 is 2.29 bits per heavy atom. The van der Waals surface area contributed by atoms with E-state index in [9.17, 15) is 4.79 Å². The number of ether oxygens (including phenoxy) is 2. The number of benzene rings is 2. The summed E-state index contributed by atoms with van der Waals surface area (Å²) in [6.07, 6.45) is 2.42. The minimum Gasteiger partial charge on any atom is -0.490 e. The second kappa shape index (κ2) is 9.93. The molecule has 4 rings (SSSR count). The van der Waals surface area contributed by atoms with Crippen LogP contribution in [0.5, 0.6) is 11.5 Å². The number of hydrogen-bond acceptors (Lipinski definition) is 6. The van der Waals surface area contributed by atoms with Crippen LogP contribution >= 0.6 is 0 Å². The Bertz CT molecular complexity index is 1000. The van der Waals surface area contributed by atoms with E-state index in [-0.39, 0.29) is 12.5 Å². The van der Waals surface area contributed by atoms with Gasteiger partial charge in [-0.05, 0) is 56.2 Å². The first-order valence-electron chi connectivity index (χ1n) is 10.6. The molecule has 0 bridgehead atoms. The highest BCUT2D eigenvalue weighted by Crippen LogP contribution is 2.26. The van der Waals surface area contributed by atoms with Gasteiger partial charge < -0.3 is 19.7 Å². The molecule has 2 aromatic carbocycles. The fourth-order valence-electron chi connectivity index (χ4n) is 3.50. The van der Waals surface area contributed by atoms with Crippen LogP contribution in [0.3, 0.4) is 0 Å². The lowest BCUT2D eigenvalue weighted by atomic mass is 10.1. The van der Waals surface area contributed by atoms with E-state index in [2.05, 4.69) is 20.4 Å². The first-order valence-corrected chi connectivity index (χ1v) is 10.6. The molecular weight excluding hydrogens is 392 g/mol. The van der Waals surface area contributed by atoms with E-state index in [0.29, 0.717) is 23.8 Å². The summed E-state index contributed by atoms with van der Waals surface area (Å²) in [6.45, 7) is 4.42. The normalized spacial score (nSPS) is 13.1. The third-order valence-corrected chi connectivity index (χ3v) is 5.05. The van der Waals surface area contributed by atoms with Gasteiger partial charge >= 0.3 is 0 Å². The third-order valence-electron chi connectivity index (χ3n) is 5.05. The fourth-order valence-corrected chi connectivity index (χ4v) is 3.50. The van der Waals surface area contributed by atoms with E-state index in [1.807, 2.05) is 61.5 Å². The van der Waals surface area contributed by atoms with Crippen molar-refractivity contribution < 1.29 is 14.3 Å². The summed E-state index contributed by atoms with van der Waals surface area (Å²) in [7, 11) is 0. The third kappa shape index (κ3) is 5.31. The maximum Gasteiger partial charge on any atom is 0.262 e. The molecule has 1 aliphatic heterocycles. The number of nitrogens with zero attached hydrogens (tertiary/aromatic N) is 3. The Labute approximate surface area is 182 Å². The number of rotatable bonds is 8. The van der Waals surface area contributed by atoms with Crippen molar-refractivity contribution in [2.45, 2.75) is 19.8 Å². The van der Waals surface area contributed by atoms with Gasteiger partial charge in [0.05, 0.1) is 12.3 Å². The minimum atomic E-state index is -0.242. The smallest absolute Gasteiger partial charge is 0.262 e. The number of para-hydroxylation sites is 2. The first-order chi connectivity index (χ1) is 15.2. The number of carbonyl (C=O) groups excluding carboxylic acids is 1. The summed E-state index contributed by atoms with van der Waals surface area (Å²) in [6, 6.07) is 18.8. The van der Waals surface area contributed by atoms with Crippen LogP contribution in [-0.4, -0.2) is 42.4 Å². The minimum absolute atomic E-state index is 0.102. The molecule has 7 nitrogen and oxygen atoms in total. The van der Waals surface area contributed by atoms with Crippen LogP contribution in [0.2, 0.25) is 0 Å². The monoisotopic (exact) mass is 418 g/mol. The molecule has 0 radical (unpaired) electrons. The van der Waals surface area contributed by atoms with Crippen LogP contribution in [0.1, 0.15) is 19.8 Å². The lowest BCUT2D eigenvalue weighted by Gasteiger charge is -2.15. The van der Waals surface area contributed by atoms with Crippen molar-refractivity contribution in [1.29, 1.82) is 0 Å². The van der Waals surface area contributed by atoms with Crippen LogP contribution in [0.25, 0.3) is 11.3 Å². The largest absolute Gasteiger partial charge is 0.490 e. The molecular formula is C24H26N4O3. The molecule has 0 spiro atoms. The van der Waals surface area contributed by atoms with E-state index in [1.165, 1.54) is 12.8 Å². The average Bonchev–Trinajstić information content (AvgIpc) is 3.34. The van der Waals surface area contributed by atoms with Gasteiger partial charge in [0.25, 0.3) is 5.91 Å². The average molecular weight is 418 g/mol. The zero-order valence-electron chi connectivity index (χ0n) is 17.6. The molecule has 160 valence electrons. The van der Waals surface area contributed by atoms with Gasteiger partial charge in [0, 0.05) is 24.3 Å². The van der Waals surface area contributed by atoms with E-state index < -0.39 is 0 Å². The fraction of sp³-hybridized carbons (Fsp3) is 0.292. The number of amides is 1. The van der Waals surface area contributed by atoms with Crippen LogP contribution < -0.4 is 19.7 Å². The SMILES string of the molecule is CCOc1ccccc1OCC(=O)Nc1ccc(-c2ccc(N3CCCC3)nn2)cc1. The summed E-state index contributed by atoms with van der Waals surface area (Å²) in [5.74, 6) is 1.86. The maximum absolute atomic E-state index is 12.3. The van der Waals surface area contributed by atoms with Gasteiger partial charge in [-0.2, -0.15) is 0 Å². The van der Waals surface area contributed by atoms with Crippen molar-refractivity contribution in [2.24, 2.45) is 0 Å². The number of nitrogens with one attached hydrogen (secondary N) is 1. The van der Waals surface area contributed by atoms with Crippen LogP contribution in [0.4, 0.5) is 11.5 Å². The number of anilines is 2. The van der Waals surface area contributed by atoms with Crippen molar-refractivity contribution in [3.63, 3.8) is 0 Å². The van der Waals surface area contributed by atoms with Crippen LogP contribution in [-0.2, 0) is 4.79 Å². The summed E-state index contributed by atoms with van der Waals surface area (Å²) in [5, 5.41) is 11.6. The van der Waals surface area contributed by atoms with Crippen molar-refractivity contribution >= 4 is 17.4 Å². The first kappa shape index (κ1) is 20.7. The Balaban J connectivity index is 1.32. The molecule has 1 aliphatic rings. The zero-order valence-corrected chi connectivity index (χ0v) is 17.6. The molecule has 2 heterocycles. The second-order valence-electron chi connectivity index (χ2n) is 7.26. The molecule has 0 unspecified atom stereocenters. The predicted octanol–water partition coefficient (Wildman–Crippen LogP) is 4.16. The standard InChI is InChI=1S/C24H26N4O3/c1-2-30-21-7-3-4-8-22(21)31-17-24(29)25-19-11-9-18(10-12-19)20-13-14-23(27-26-20)28-15-5-6-16-28/h3-4,7-14H,2,5-6,15-17H2,1H3,(H,25,29). The number of carbonyl (C=O) groups is 1. The molecule has 1 saturated heterocycles. The highest BCUT2D eigenvalue weighted by Gasteiger charge is 2.14. The van der Waals surface area contributed by atoms with Gasteiger partial charge in [-0.25, -0.2) is 0 Å². The van der Waals surface area contributed by atoms with Crippen LogP contribution in [0.15, 0.2) is 60.7 Å². The molecule has 0 aliphatic carbocycles. The van der Waals surface area contributed by atoms with Crippen molar-refractivity contribution in [3.8, 4) is 22.8 Å². The number of aromatic nitrogens is 2. The Kier molecular flexibility index (Phi) is 6.62. The molecule has 7 heteroatoms. The van der Waals surface area contributed by atoms with Gasteiger partial charge in [-0.15, -0.1) is 10.2 Å². The molecule has 1 fully saturated rings. The molecule has 1 N–H and O–H groups in total. The molecule has 0 saturated carbocycles. The lowest BCUT2D eigenvalue weighted by Crippen LogP contribution is -2.20. The lowest BCUT2D eigenvalue weighted by molar-refractivity contribution is -0.118. The van der Waals surface area contributed by atoms with Gasteiger partial charge in [0.1, 0.15) is 0 Å². The Morgan fingerprint density at radius 2 is 1.65 bits per heavy atom. The quantitative estimate of drug-likeness (QED) is 0.592. The van der Waals surface area contributed by atoms with E-state index in [4.69, 9.17) is 9.47 Å². The van der Waals surface area contributed by atoms with Crippen molar-refractivity contribution in [1.82, 2.24) is 10.2 Å². The maximum atomic E-state index is 12.3. The highest BCUT2D eigenvalue weighted by molar-refractivity contribution is 5.92. The second-order valence-corrected chi connectivity index (χ2v) is 7.26. The highest BCUT2D eigenvalue weighted by atomic mass is 16.5. The predicted molar refractivity (Wildman–Crippen MR) is 121 cm³/mol. The molecule has 1 amide bonds. The van der Waals surface area contributed by atoms with Gasteiger partial charge in [-0.1, -0.05) is 24.3 Å². The molecule has 3 aromatic rings. The summed E-state index contributed by atoms with van der Waals surface area (Å²) in [4.78, 5) is 14.5. The number of hydrogen-bond donors (Lipinski definition) is 1. The molecule has 0 atom stereocenters. The Morgan fingerprint density at radius 1 is 0.935 bits per heavy atom. The summed E-state index contributed by atoms with van der Waals surface area (Å²) < 4.78 is 11.1. The van der Waals surface area contributed by atoms with E-state index in [0.717, 1.165) is 30.2 Å². The molecule has 1 aromatic heterocycles. The summed E-state index contributed by atoms with van der Waals surface area (Å²) >= 11 is 0. The van der Waals surface area contributed by atoms with Gasteiger partial charge in [0.2, 0.25) is 0 Å².